The van der Waals surface area contributed by atoms with Crippen molar-refractivity contribution in [2.45, 2.75) is 19.8 Å². The third-order valence-corrected chi connectivity index (χ3v) is 3.29. The Morgan fingerprint density at radius 1 is 1.59 bits per heavy atom. The van der Waals surface area contributed by atoms with Crippen LogP contribution < -0.4 is 0 Å². The van der Waals surface area contributed by atoms with Crippen LogP contribution in [0.2, 0.25) is 0 Å². The number of aliphatic carboxylic acids is 1. The molecule has 1 atom stereocenters. The number of nitrogens with zero attached hydrogens (tertiary/aromatic N) is 1. The highest BCUT2D eigenvalue weighted by Crippen LogP contribution is 2.25. The van der Waals surface area contributed by atoms with Gasteiger partial charge in [-0.1, -0.05) is 28.9 Å². The zero-order valence-electron chi connectivity index (χ0n) is 9.22. The molecule has 0 aromatic heterocycles. The molecule has 0 spiro atoms. The van der Waals surface area contributed by atoms with Gasteiger partial charge in [-0.3, -0.25) is 14.9 Å². The normalized spacial score (nSPS) is 12.1. The van der Waals surface area contributed by atoms with Crippen LogP contribution in [0.4, 0.5) is 5.69 Å². The van der Waals surface area contributed by atoms with Gasteiger partial charge in [0, 0.05) is 16.6 Å². The van der Waals surface area contributed by atoms with Gasteiger partial charge in [-0.15, -0.1) is 0 Å². The average Bonchev–Trinajstić information content (AvgIpc) is 2.26. The van der Waals surface area contributed by atoms with Crippen molar-refractivity contribution in [3.05, 3.63) is 38.3 Å². The van der Waals surface area contributed by atoms with Crippen molar-refractivity contribution in [3.8, 4) is 0 Å². The highest BCUT2D eigenvalue weighted by molar-refractivity contribution is 9.10. The Balaban J connectivity index is 2.93. The summed E-state index contributed by atoms with van der Waals surface area (Å²) in [7, 11) is 0. The number of hydrogen-bond donors (Lipinski definition) is 1. The predicted molar refractivity (Wildman–Crippen MR) is 65.9 cm³/mol. The number of nitro benzene ring substituents is 1. The van der Waals surface area contributed by atoms with Crippen LogP contribution in [0.25, 0.3) is 0 Å². The molecule has 1 rings (SSSR count). The Morgan fingerprint density at radius 3 is 2.65 bits per heavy atom. The van der Waals surface area contributed by atoms with E-state index in [0.717, 1.165) is 5.56 Å². The average molecular weight is 302 g/mol. The standard InChI is InChI=1S/C11H12BrNO4/c1-2-7(11(14)15)5-8-3-4-9(13(16)17)6-10(8)12/h3-4,6-7H,2,5H2,1H3,(H,14,15). The van der Waals surface area contributed by atoms with E-state index >= 15 is 0 Å². The summed E-state index contributed by atoms with van der Waals surface area (Å²) in [5, 5.41) is 19.5. The van der Waals surface area contributed by atoms with Gasteiger partial charge in [0.1, 0.15) is 0 Å². The summed E-state index contributed by atoms with van der Waals surface area (Å²) < 4.78 is 0.575. The van der Waals surface area contributed by atoms with Crippen LogP contribution in [-0.2, 0) is 11.2 Å². The first-order valence-corrected chi connectivity index (χ1v) is 5.90. The molecule has 0 aliphatic rings. The van der Waals surface area contributed by atoms with E-state index < -0.39 is 16.8 Å². The van der Waals surface area contributed by atoms with Crippen LogP contribution in [-0.4, -0.2) is 16.0 Å². The van der Waals surface area contributed by atoms with Gasteiger partial charge in [-0.2, -0.15) is 0 Å². The summed E-state index contributed by atoms with van der Waals surface area (Å²) in [5.74, 6) is -1.31. The van der Waals surface area contributed by atoms with Gasteiger partial charge < -0.3 is 5.11 Å². The largest absolute Gasteiger partial charge is 0.481 e. The van der Waals surface area contributed by atoms with Crippen LogP contribution >= 0.6 is 15.9 Å². The van der Waals surface area contributed by atoms with Crippen LogP contribution in [0, 0.1) is 16.0 Å². The van der Waals surface area contributed by atoms with Crippen LogP contribution in [0.15, 0.2) is 22.7 Å². The fourth-order valence-electron chi connectivity index (χ4n) is 1.49. The molecule has 92 valence electrons. The van der Waals surface area contributed by atoms with Gasteiger partial charge in [-0.25, -0.2) is 0 Å². The van der Waals surface area contributed by atoms with Crippen molar-refractivity contribution in [1.29, 1.82) is 0 Å². The molecule has 0 aliphatic carbocycles. The Hall–Kier alpha value is -1.43. The first-order valence-electron chi connectivity index (χ1n) is 5.11. The van der Waals surface area contributed by atoms with E-state index in [1.54, 1.807) is 13.0 Å². The molecule has 1 unspecified atom stereocenters. The van der Waals surface area contributed by atoms with Gasteiger partial charge in [-0.05, 0) is 18.4 Å². The lowest BCUT2D eigenvalue weighted by molar-refractivity contribution is -0.384. The maximum atomic E-state index is 10.9. The van der Waals surface area contributed by atoms with Crippen molar-refractivity contribution < 1.29 is 14.8 Å². The first-order chi connectivity index (χ1) is 7.95. The third-order valence-electron chi connectivity index (χ3n) is 2.56. The number of rotatable bonds is 5. The Bertz CT molecular complexity index is 447. The van der Waals surface area contributed by atoms with E-state index in [4.69, 9.17) is 5.11 Å². The SMILES string of the molecule is CCC(Cc1ccc([N+](=O)[O-])cc1Br)C(=O)O. The van der Waals surface area contributed by atoms with Crippen LogP contribution in [0.1, 0.15) is 18.9 Å². The highest BCUT2D eigenvalue weighted by Gasteiger charge is 2.18. The van der Waals surface area contributed by atoms with Gasteiger partial charge in [0.2, 0.25) is 0 Å². The molecule has 0 radical (unpaired) electrons. The molecule has 0 fully saturated rings. The van der Waals surface area contributed by atoms with Crippen molar-refractivity contribution in [2.75, 3.05) is 0 Å². The number of halogens is 1. The summed E-state index contributed by atoms with van der Waals surface area (Å²) in [5.41, 5.74) is 0.758. The lowest BCUT2D eigenvalue weighted by Gasteiger charge is -2.10. The number of carboxylic acids is 1. The topological polar surface area (TPSA) is 80.4 Å². The molecule has 0 heterocycles. The summed E-state index contributed by atoms with van der Waals surface area (Å²) >= 11 is 3.22. The lowest BCUT2D eigenvalue weighted by atomic mass is 9.97. The Labute approximate surface area is 107 Å². The fraction of sp³-hybridized carbons (Fsp3) is 0.364. The maximum Gasteiger partial charge on any atom is 0.306 e. The minimum Gasteiger partial charge on any atom is -0.481 e. The maximum absolute atomic E-state index is 10.9. The summed E-state index contributed by atoms with van der Waals surface area (Å²) in [6.45, 7) is 1.80. The quantitative estimate of drug-likeness (QED) is 0.669. The highest BCUT2D eigenvalue weighted by atomic mass is 79.9. The zero-order chi connectivity index (χ0) is 13.0. The van der Waals surface area contributed by atoms with E-state index in [2.05, 4.69) is 15.9 Å². The molecular formula is C11H12BrNO4. The van der Waals surface area contributed by atoms with Gasteiger partial charge >= 0.3 is 5.97 Å². The van der Waals surface area contributed by atoms with Crippen molar-refractivity contribution >= 4 is 27.6 Å². The molecule has 0 amide bonds. The number of benzene rings is 1. The number of hydrogen-bond acceptors (Lipinski definition) is 3. The molecule has 0 saturated carbocycles. The van der Waals surface area contributed by atoms with E-state index in [9.17, 15) is 14.9 Å². The Morgan fingerprint density at radius 2 is 2.24 bits per heavy atom. The second kappa shape index (κ2) is 5.77. The molecule has 5 nitrogen and oxygen atoms in total. The van der Waals surface area contributed by atoms with Crippen LogP contribution in [0.5, 0.6) is 0 Å². The lowest BCUT2D eigenvalue weighted by Crippen LogP contribution is -2.15. The minimum absolute atomic E-state index is 0.0102. The molecule has 0 saturated heterocycles. The molecule has 0 bridgehead atoms. The van der Waals surface area contributed by atoms with Gasteiger partial charge in [0.25, 0.3) is 5.69 Å². The van der Waals surface area contributed by atoms with Gasteiger partial charge in [0.05, 0.1) is 10.8 Å². The fourth-order valence-corrected chi connectivity index (χ4v) is 2.02. The number of carboxylic acid groups (broad SMARTS) is 1. The molecule has 6 heteroatoms. The second-order valence-electron chi connectivity index (χ2n) is 3.68. The number of carbonyl (C=O) groups is 1. The molecule has 1 aromatic carbocycles. The van der Waals surface area contributed by atoms with E-state index in [1.807, 2.05) is 0 Å². The van der Waals surface area contributed by atoms with Gasteiger partial charge in [0.15, 0.2) is 0 Å². The van der Waals surface area contributed by atoms with E-state index in [-0.39, 0.29) is 5.69 Å². The number of non-ortho nitro benzene ring substituents is 1. The van der Waals surface area contributed by atoms with Crippen molar-refractivity contribution in [2.24, 2.45) is 5.92 Å². The second-order valence-corrected chi connectivity index (χ2v) is 4.53. The summed E-state index contributed by atoms with van der Waals surface area (Å²) in [6.07, 6.45) is 0.892. The molecular weight excluding hydrogens is 290 g/mol. The Kier molecular flexibility index (Phi) is 4.62. The smallest absolute Gasteiger partial charge is 0.306 e. The molecule has 1 N–H and O–H groups in total. The third kappa shape index (κ3) is 3.52. The van der Waals surface area contributed by atoms with Crippen molar-refractivity contribution in [1.82, 2.24) is 0 Å². The summed E-state index contributed by atoms with van der Waals surface area (Å²) in [6, 6.07) is 4.37. The predicted octanol–water partition coefficient (Wildman–Crippen LogP) is 3.01. The monoisotopic (exact) mass is 301 g/mol. The van der Waals surface area contributed by atoms with E-state index in [1.165, 1.54) is 12.1 Å². The van der Waals surface area contributed by atoms with Crippen molar-refractivity contribution in [3.63, 3.8) is 0 Å². The van der Waals surface area contributed by atoms with Crippen LogP contribution in [0.3, 0.4) is 0 Å². The molecule has 1 aromatic rings. The zero-order valence-corrected chi connectivity index (χ0v) is 10.8. The molecule has 17 heavy (non-hydrogen) atoms. The molecule has 0 aliphatic heterocycles. The van der Waals surface area contributed by atoms with E-state index in [0.29, 0.717) is 17.3 Å². The first kappa shape index (κ1) is 13.6. The summed E-state index contributed by atoms with van der Waals surface area (Å²) in [4.78, 5) is 21.0. The number of nitro groups is 1. The minimum atomic E-state index is -0.849.